The molecule has 5 aromatic rings. The van der Waals surface area contributed by atoms with Gasteiger partial charge in [0.25, 0.3) is 37.6 Å². The van der Waals surface area contributed by atoms with Crippen molar-refractivity contribution < 1.29 is 72.9 Å². The number of fused-ring (bicyclic) bond motifs is 1. The number of nitrogens with zero attached hydrogens (tertiary/aromatic N) is 4. The molecule has 9 rings (SSSR count). The molecule has 2 atom stereocenters. The maximum Gasteiger partial charge on any atom is 0.501 e. The predicted octanol–water partition coefficient (Wildman–Crippen LogP) is 9.01. The minimum Gasteiger partial charge on any atom is -0.382 e. The number of carbonyl (C=O) groups is 5. The van der Waals surface area contributed by atoms with E-state index in [0.29, 0.717) is 75.7 Å². The Balaban J connectivity index is 0.699. The van der Waals surface area contributed by atoms with Gasteiger partial charge in [-0.05, 0) is 141 Å². The van der Waals surface area contributed by atoms with Crippen molar-refractivity contribution in [2.75, 3.05) is 134 Å². The number of amides is 5. The minimum absolute atomic E-state index is 0.0232. The van der Waals surface area contributed by atoms with Crippen LogP contribution in [0, 0.1) is 5.41 Å². The summed E-state index contributed by atoms with van der Waals surface area (Å²) >= 11 is 7.61. The number of hydrogen-bond acceptors (Lipinski definition) is 19. The summed E-state index contributed by atoms with van der Waals surface area (Å²) in [5.74, 6) is -3.11. The first-order valence-electron chi connectivity index (χ1n) is 31.5. The number of alkyl halides is 3. The molecule has 0 radical (unpaired) electrons. The Morgan fingerprint density at radius 2 is 1.43 bits per heavy atom. The van der Waals surface area contributed by atoms with Crippen molar-refractivity contribution >= 4 is 95.4 Å². The molecule has 95 heavy (non-hydrogen) atoms. The number of thioether (sulfide) groups is 1. The fraction of sp³-hybridized carbons (Fsp3) is 0.448. The van der Waals surface area contributed by atoms with Crippen LogP contribution in [0.1, 0.15) is 89.0 Å². The Morgan fingerprint density at radius 1 is 0.768 bits per heavy atom. The van der Waals surface area contributed by atoms with Crippen molar-refractivity contribution in [1.29, 1.82) is 0 Å². The van der Waals surface area contributed by atoms with Gasteiger partial charge in [0.05, 0.1) is 74.6 Å². The molecule has 4 aliphatic rings. The van der Waals surface area contributed by atoms with E-state index >= 15 is 0 Å². The van der Waals surface area contributed by atoms with Crippen LogP contribution in [0.3, 0.4) is 0 Å². The summed E-state index contributed by atoms with van der Waals surface area (Å²) in [6.45, 7) is 12.0. The number of nitrogens with one attached hydrogen (secondary N) is 4. The van der Waals surface area contributed by atoms with E-state index in [1.54, 1.807) is 24.3 Å². The van der Waals surface area contributed by atoms with E-state index in [9.17, 15) is 54.0 Å². The van der Waals surface area contributed by atoms with Gasteiger partial charge in [0.2, 0.25) is 11.8 Å². The Kier molecular flexibility index (Phi) is 25.0. The second-order valence-electron chi connectivity index (χ2n) is 24.4. The van der Waals surface area contributed by atoms with E-state index in [-0.39, 0.29) is 73.7 Å². The van der Waals surface area contributed by atoms with Gasteiger partial charge in [-0.15, -0.1) is 11.8 Å². The van der Waals surface area contributed by atoms with Gasteiger partial charge in [-0.25, -0.2) is 21.6 Å². The van der Waals surface area contributed by atoms with Crippen molar-refractivity contribution in [3.63, 3.8) is 0 Å². The lowest BCUT2D eigenvalue weighted by Gasteiger charge is -2.39. The van der Waals surface area contributed by atoms with E-state index in [4.69, 9.17) is 30.5 Å². The number of allylic oxidation sites excluding steroid dienone is 1. The van der Waals surface area contributed by atoms with Gasteiger partial charge in [0.1, 0.15) is 10.9 Å². The van der Waals surface area contributed by atoms with Crippen LogP contribution in [0.25, 0.3) is 5.57 Å². The summed E-state index contributed by atoms with van der Waals surface area (Å²) in [6, 6.07) is 29.1. The molecule has 2 saturated heterocycles. The van der Waals surface area contributed by atoms with Crippen molar-refractivity contribution in [1.82, 2.24) is 24.7 Å². The van der Waals surface area contributed by atoms with Crippen molar-refractivity contribution in [2.24, 2.45) is 5.41 Å². The van der Waals surface area contributed by atoms with Crippen LogP contribution in [-0.4, -0.2) is 197 Å². The number of piperazine rings is 1. The molecule has 3 aliphatic heterocycles. The summed E-state index contributed by atoms with van der Waals surface area (Å²) < 4.78 is 122. The van der Waals surface area contributed by atoms with E-state index in [1.807, 2.05) is 59.1 Å². The minimum atomic E-state index is -6.15. The summed E-state index contributed by atoms with van der Waals surface area (Å²) in [5.41, 5.74) is -0.534. The van der Waals surface area contributed by atoms with Gasteiger partial charge in [-0.1, -0.05) is 67.4 Å². The summed E-state index contributed by atoms with van der Waals surface area (Å²) in [6.07, 6.45) is 3.49. The van der Waals surface area contributed by atoms with Gasteiger partial charge in [-0.3, -0.25) is 39.1 Å². The Hall–Kier alpha value is -6.92. The molecule has 0 spiro atoms. The molecule has 512 valence electrons. The molecule has 21 nitrogen and oxygen atoms in total. The van der Waals surface area contributed by atoms with Crippen LogP contribution in [0.15, 0.2) is 136 Å². The first kappa shape index (κ1) is 72.4. The van der Waals surface area contributed by atoms with Gasteiger partial charge >= 0.3 is 5.51 Å². The highest BCUT2D eigenvalue weighted by atomic mass is 35.5. The second kappa shape index (κ2) is 32.9. The van der Waals surface area contributed by atoms with E-state index in [1.165, 1.54) is 46.7 Å². The third kappa shape index (κ3) is 19.4. The molecule has 3 heterocycles. The van der Waals surface area contributed by atoms with Gasteiger partial charge in [0, 0.05) is 90.9 Å². The quantitative estimate of drug-likeness (QED) is 0.0174. The molecule has 5 amide bonds. The monoisotopic (exact) mass is 1390 g/mol. The number of piperidine rings is 1. The average molecular weight is 1390 g/mol. The van der Waals surface area contributed by atoms with Crippen LogP contribution in [-0.2, 0) is 48.4 Å². The van der Waals surface area contributed by atoms with Gasteiger partial charge < -0.3 is 39.4 Å². The number of sulfone groups is 1. The summed E-state index contributed by atoms with van der Waals surface area (Å²) in [4.78, 5) is 70.2. The first-order valence-corrected chi connectivity index (χ1v) is 35.8. The summed E-state index contributed by atoms with van der Waals surface area (Å²) in [5, 5.41) is 8.99. The van der Waals surface area contributed by atoms with Crippen LogP contribution >= 0.6 is 23.4 Å². The van der Waals surface area contributed by atoms with Crippen molar-refractivity contribution in [3.05, 3.63) is 148 Å². The number of imide groups is 2. The fourth-order valence-electron chi connectivity index (χ4n) is 11.7. The molecule has 0 saturated carbocycles. The number of ether oxygens (including phenoxy) is 4. The number of halogens is 4. The number of carbonyl (C=O) groups excluding carboxylic acids is 5. The molecule has 0 bridgehead atoms. The van der Waals surface area contributed by atoms with E-state index < -0.39 is 82.5 Å². The normalized spacial score (nSPS) is 17.5. The van der Waals surface area contributed by atoms with Crippen LogP contribution in [0.2, 0.25) is 5.02 Å². The number of anilines is 3. The zero-order valence-electron chi connectivity index (χ0n) is 53.2. The number of likely N-dealkylation sites (N-methyl/N-ethyl adjacent to an activating group) is 1. The Labute approximate surface area is 561 Å². The SMILES string of the molecule is CN(CCOCCOCCOCCOCCNc1cccc2c1C(=O)N(C1CCC(=O)NC1=O)C2=O)CCC(CSc1ccccc1)Nc1ccc(S(=O)(=O)NC(=O)c2ccc(N3CCN(CC4=C(c5ccc(Cl)cc5)CCC(C)(C)C4)CC3)cc2)cc1S(=O)(=O)C(F)(F)F. The first-order chi connectivity index (χ1) is 45.4. The van der Waals surface area contributed by atoms with Crippen LogP contribution < -0.4 is 25.6 Å². The molecule has 0 aromatic heterocycles. The highest BCUT2D eigenvalue weighted by Crippen LogP contribution is 2.43. The molecule has 1 aliphatic carbocycles. The van der Waals surface area contributed by atoms with E-state index in [2.05, 4.69) is 51.7 Å². The van der Waals surface area contributed by atoms with Gasteiger partial charge in [-0.2, -0.15) is 13.2 Å². The zero-order chi connectivity index (χ0) is 67.9. The Bertz CT molecular complexity index is 3790. The lowest BCUT2D eigenvalue weighted by Crippen LogP contribution is -2.54. The third-order valence-electron chi connectivity index (χ3n) is 16.9. The third-order valence-corrected chi connectivity index (χ3v) is 21.2. The van der Waals surface area contributed by atoms with Crippen molar-refractivity contribution in [2.45, 2.75) is 84.7 Å². The average Bonchev–Trinajstić information content (AvgIpc) is 1.75. The smallest absolute Gasteiger partial charge is 0.382 e. The molecule has 28 heteroatoms. The molecule has 2 fully saturated rings. The highest BCUT2D eigenvalue weighted by molar-refractivity contribution is 7.99. The second-order valence-corrected chi connectivity index (χ2v) is 29.5. The van der Waals surface area contributed by atoms with Crippen LogP contribution in [0.5, 0.6) is 0 Å². The molecule has 2 unspecified atom stereocenters. The Morgan fingerprint density at radius 3 is 2.09 bits per heavy atom. The molecule has 5 aromatic carbocycles. The number of sulfonamides is 1. The van der Waals surface area contributed by atoms with E-state index in [0.717, 1.165) is 66.5 Å². The largest absolute Gasteiger partial charge is 0.501 e. The molecule has 4 N–H and O–H groups in total. The lowest BCUT2D eigenvalue weighted by atomic mass is 9.73. The van der Waals surface area contributed by atoms with Crippen molar-refractivity contribution in [3.8, 4) is 0 Å². The fourth-order valence-corrected chi connectivity index (χ4v) is 14.9. The summed E-state index contributed by atoms with van der Waals surface area (Å²) in [7, 11) is -9.24. The maximum atomic E-state index is 14.5. The maximum absolute atomic E-state index is 14.5. The van der Waals surface area contributed by atoms with Crippen LogP contribution in [0.4, 0.5) is 30.2 Å². The number of benzene rings is 5. The zero-order valence-corrected chi connectivity index (χ0v) is 56.4. The number of hydrogen-bond donors (Lipinski definition) is 4. The lowest BCUT2D eigenvalue weighted by molar-refractivity contribution is -0.136. The molecular weight excluding hydrogens is 1310 g/mol. The van der Waals surface area contributed by atoms with Gasteiger partial charge in [0.15, 0.2) is 0 Å². The number of rotatable bonds is 33. The highest BCUT2D eigenvalue weighted by Gasteiger charge is 2.49. The molecular formula is C67H80ClF3N8O13S3. The predicted molar refractivity (Wildman–Crippen MR) is 357 cm³/mol. The topological polar surface area (TPSA) is 252 Å². The standard InChI is InChI=1S/C67H80ClF3N8O13S3/c1-66(2)26-24-54(46-12-16-49(68)17-13-46)48(43-66)44-77-29-31-78(32-30-77)51-18-14-47(15-19-51)62(81)75-95(87,88)53-20-21-56(59(42-53)94(85,86)67(69,70)71)73-50(45-93-52-8-5-4-6-9-52)25-28-76(3)33-35-90-37-39-92-41-40-91-38-36-89-34-27-72-57-11-7-10-55-61(57)65(84)79(64(55)83)58-22-23-60(80)74-63(58)82/h4-21,42,50,58,72-73H,22-41,43-45H2,1-3H3,(H,75,81)(H,74,80,82).